The number of hydrogen-bond acceptors (Lipinski definition) is 3. The Hall–Kier alpha value is -2.63. The van der Waals surface area contributed by atoms with Crippen molar-refractivity contribution in [2.75, 3.05) is 10.6 Å². The largest absolute Gasteiger partial charge is 0.323 e. The molecule has 0 spiro atoms. The number of carbonyl (C=O) groups excluding carboxylic acids is 2. The van der Waals surface area contributed by atoms with E-state index >= 15 is 0 Å². The number of carbonyl (C=O) groups is 2. The summed E-state index contributed by atoms with van der Waals surface area (Å²) >= 11 is 0. The standard InChI is InChI=1S/C15H18N4O2/c1-10(2)19-9-14(8-16-19)18-15(21)17-13-6-4-12(5-7-13)11(3)20/h4-10H,1-3H3,(H2,17,18,21). The normalized spacial score (nSPS) is 10.5. The minimum atomic E-state index is -0.353. The molecule has 2 N–H and O–H groups in total. The van der Waals surface area contributed by atoms with E-state index in [4.69, 9.17) is 0 Å². The fourth-order valence-corrected chi connectivity index (χ4v) is 1.77. The highest BCUT2D eigenvalue weighted by molar-refractivity contribution is 6.00. The van der Waals surface area contributed by atoms with Gasteiger partial charge in [0.15, 0.2) is 5.78 Å². The van der Waals surface area contributed by atoms with Crippen molar-refractivity contribution in [2.45, 2.75) is 26.8 Å². The van der Waals surface area contributed by atoms with Crippen LogP contribution in [0.25, 0.3) is 0 Å². The molecule has 6 heteroatoms. The lowest BCUT2D eigenvalue weighted by Crippen LogP contribution is -2.19. The van der Waals surface area contributed by atoms with Gasteiger partial charge in [0.2, 0.25) is 0 Å². The van der Waals surface area contributed by atoms with Gasteiger partial charge in [-0.15, -0.1) is 0 Å². The van der Waals surface area contributed by atoms with Gasteiger partial charge in [-0.3, -0.25) is 9.48 Å². The molecule has 6 nitrogen and oxygen atoms in total. The Balaban J connectivity index is 1.96. The first kappa shape index (κ1) is 14.8. The smallest absolute Gasteiger partial charge is 0.308 e. The summed E-state index contributed by atoms with van der Waals surface area (Å²) < 4.78 is 1.76. The second-order valence-electron chi connectivity index (χ2n) is 5.02. The monoisotopic (exact) mass is 286 g/mol. The molecule has 21 heavy (non-hydrogen) atoms. The second-order valence-corrected chi connectivity index (χ2v) is 5.02. The van der Waals surface area contributed by atoms with E-state index in [9.17, 15) is 9.59 Å². The van der Waals surface area contributed by atoms with Crippen LogP contribution < -0.4 is 10.6 Å². The van der Waals surface area contributed by atoms with Crippen molar-refractivity contribution in [3.63, 3.8) is 0 Å². The van der Waals surface area contributed by atoms with Crippen LogP contribution in [0.2, 0.25) is 0 Å². The van der Waals surface area contributed by atoms with Gasteiger partial charge >= 0.3 is 6.03 Å². The number of nitrogens with one attached hydrogen (secondary N) is 2. The van der Waals surface area contributed by atoms with Crippen molar-refractivity contribution in [1.29, 1.82) is 0 Å². The Labute approximate surface area is 123 Å². The van der Waals surface area contributed by atoms with E-state index in [1.807, 2.05) is 13.8 Å². The molecule has 0 aliphatic heterocycles. The molecule has 1 heterocycles. The van der Waals surface area contributed by atoms with Crippen LogP contribution >= 0.6 is 0 Å². The Kier molecular flexibility index (Phi) is 4.37. The zero-order valence-corrected chi connectivity index (χ0v) is 12.3. The van der Waals surface area contributed by atoms with E-state index in [-0.39, 0.29) is 17.9 Å². The molecule has 110 valence electrons. The predicted octanol–water partition coefficient (Wildman–Crippen LogP) is 3.31. The van der Waals surface area contributed by atoms with Gasteiger partial charge in [0.05, 0.1) is 11.9 Å². The average molecular weight is 286 g/mol. The van der Waals surface area contributed by atoms with Crippen LogP contribution in [0.5, 0.6) is 0 Å². The summed E-state index contributed by atoms with van der Waals surface area (Å²) in [6.45, 7) is 5.52. The Morgan fingerprint density at radius 3 is 2.24 bits per heavy atom. The lowest BCUT2D eigenvalue weighted by molar-refractivity contribution is 0.101. The molecule has 0 aliphatic rings. The minimum Gasteiger partial charge on any atom is -0.308 e. The Morgan fingerprint density at radius 2 is 1.71 bits per heavy atom. The zero-order valence-electron chi connectivity index (χ0n) is 12.3. The molecule has 0 aliphatic carbocycles. The number of aromatic nitrogens is 2. The van der Waals surface area contributed by atoms with Crippen molar-refractivity contribution in [2.24, 2.45) is 0 Å². The molecule has 0 radical (unpaired) electrons. The van der Waals surface area contributed by atoms with Gasteiger partial charge in [0, 0.05) is 23.5 Å². The van der Waals surface area contributed by atoms with Crippen LogP contribution in [0.15, 0.2) is 36.7 Å². The summed E-state index contributed by atoms with van der Waals surface area (Å²) in [6, 6.07) is 6.61. The van der Waals surface area contributed by atoms with Gasteiger partial charge in [0.25, 0.3) is 0 Å². The maximum absolute atomic E-state index is 11.9. The Morgan fingerprint density at radius 1 is 1.10 bits per heavy atom. The van der Waals surface area contributed by atoms with Crippen molar-refractivity contribution in [3.05, 3.63) is 42.2 Å². The van der Waals surface area contributed by atoms with E-state index in [1.165, 1.54) is 6.92 Å². The highest BCUT2D eigenvalue weighted by atomic mass is 16.2. The number of anilines is 2. The van der Waals surface area contributed by atoms with E-state index in [0.29, 0.717) is 16.9 Å². The zero-order chi connectivity index (χ0) is 15.4. The van der Waals surface area contributed by atoms with Crippen LogP contribution in [0.4, 0.5) is 16.2 Å². The van der Waals surface area contributed by atoms with Gasteiger partial charge in [-0.1, -0.05) is 0 Å². The molecule has 0 unspecified atom stereocenters. The van der Waals surface area contributed by atoms with Gasteiger partial charge in [0.1, 0.15) is 0 Å². The molecule has 0 saturated heterocycles. The van der Waals surface area contributed by atoms with Crippen LogP contribution in [0.3, 0.4) is 0 Å². The summed E-state index contributed by atoms with van der Waals surface area (Å²) in [5.41, 5.74) is 1.86. The quantitative estimate of drug-likeness (QED) is 0.847. The number of ketones is 1. The fraction of sp³-hybridized carbons (Fsp3) is 0.267. The number of nitrogens with zero attached hydrogens (tertiary/aromatic N) is 2. The maximum atomic E-state index is 11.9. The first-order valence-corrected chi connectivity index (χ1v) is 6.69. The SMILES string of the molecule is CC(=O)c1ccc(NC(=O)Nc2cnn(C(C)C)c2)cc1. The summed E-state index contributed by atoms with van der Waals surface area (Å²) in [7, 11) is 0. The van der Waals surface area contributed by atoms with Gasteiger partial charge in [-0.05, 0) is 45.0 Å². The fourth-order valence-electron chi connectivity index (χ4n) is 1.77. The average Bonchev–Trinajstić information content (AvgIpc) is 2.87. The van der Waals surface area contributed by atoms with Crippen LogP contribution in [0.1, 0.15) is 37.2 Å². The molecule has 2 amide bonds. The molecule has 2 rings (SSSR count). The predicted molar refractivity (Wildman–Crippen MR) is 81.7 cm³/mol. The molecule has 1 aromatic heterocycles. The lowest BCUT2D eigenvalue weighted by atomic mass is 10.1. The molecule has 0 atom stereocenters. The van der Waals surface area contributed by atoms with Crippen molar-refractivity contribution in [1.82, 2.24) is 9.78 Å². The molecule has 2 aromatic rings. The third-order valence-electron chi connectivity index (χ3n) is 2.94. The molecule has 1 aromatic carbocycles. The second kappa shape index (κ2) is 6.21. The molecule has 0 bridgehead atoms. The molecule has 0 saturated carbocycles. The number of hydrogen-bond donors (Lipinski definition) is 2. The first-order valence-electron chi connectivity index (χ1n) is 6.69. The van der Waals surface area contributed by atoms with Crippen LogP contribution in [-0.4, -0.2) is 21.6 Å². The molecular formula is C15H18N4O2. The first-order chi connectivity index (χ1) is 9.95. The van der Waals surface area contributed by atoms with Crippen molar-refractivity contribution in [3.8, 4) is 0 Å². The summed E-state index contributed by atoms with van der Waals surface area (Å²) in [4.78, 5) is 23.0. The number of rotatable bonds is 4. The Bertz CT molecular complexity index is 644. The highest BCUT2D eigenvalue weighted by Gasteiger charge is 2.06. The number of benzene rings is 1. The number of urea groups is 1. The van der Waals surface area contributed by atoms with E-state index in [1.54, 1.807) is 41.3 Å². The van der Waals surface area contributed by atoms with Crippen molar-refractivity contribution < 1.29 is 9.59 Å². The van der Waals surface area contributed by atoms with E-state index in [2.05, 4.69) is 15.7 Å². The number of amides is 2. The summed E-state index contributed by atoms with van der Waals surface area (Å²) in [5.74, 6) is -0.00731. The van der Waals surface area contributed by atoms with Crippen LogP contribution in [-0.2, 0) is 0 Å². The number of Topliss-reactive ketones (excluding diaryl/α,β-unsaturated/α-hetero) is 1. The minimum absolute atomic E-state index is 0.00731. The lowest BCUT2D eigenvalue weighted by Gasteiger charge is -2.06. The molecule has 0 fully saturated rings. The maximum Gasteiger partial charge on any atom is 0.323 e. The van der Waals surface area contributed by atoms with Crippen LogP contribution in [0, 0.1) is 0 Å². The highest BCUT2D eigenvalue weighted by Crippen LogP contribution is 2.12. The van der Waals surface area contributed by atoms with Gasteiger partial charge in [-0.25, -0.2) is 4.79 Å². The van der Waals surface area contributed by atoms with E-state index < -0.39 is 0 Å². The summed E-state index contributed by atoms with van der Waals surface area (Å²) in [6.07, 6.45) is 3.36. The third-order valence-corrected chi connectivity index (χ3v) is 2.94. The van der Waals surface area contributed by atoms with E-state index in [0.717, 1.165) is 0 Å². The van der Waals surface area contributed by atoms with Gasteiger partial charge < -0.3 is 10.6 Å². The van der Waals surface area contributed by atoms with Gasteiger partial charge in [-0.2, -0.15) is 5.10 Å². The molecular weight excluding hydrogens is 268 g/mol. The third kappa shape index (κ3) is 3.92. The topological polar surface area (TPSA) is 76.0 Å². The van der Waals surface area contributed by atoms with Crippen molar-refractivity contribution >= 4 is 23.2 Å². The summed E-state index contributed by atoms with van der Waals surface area (Å²) in [5, 5.41) is 9.54.